The fraction of sp³-hybridized carbons (Fsp3) is 0.429. The third kappa shape index (κ3) is 1.97. The summed E-state index contributed by atoms with van der Waals surface area (Å²) in [6, 6.07) is 7.79. The van der Waals surface area contributed by atoms with E-state index in [-0.39, 0.29) is 11.8 Å². The number of rotatable bonds is 3. The first-order valence-corrected chi connectivity index (χ1v) is 6.17. The van der Waals surface area contributed by atoms with Crippen molar-refractivity contribution in [3.8, 4) is 0 Å². The summed E-state index contributed by atoms with van der Waals surface area (Å²) in [5.74, 6) is 1.04. The van der Waals surface area contributed by atoms with Crippen molar-refractivity contribution in [3.63, 3.8) is 0 Å². The first-order chi connectivity index (χ1) is 8.19. The van der Waals surface area contributed by atoms with Crippen LogP contribution in [0.3, 0.4) is 0 Å². The summed E-state index contributed by atoms with van der Waals surface area (Å²) < 4.78 is 1.76. The maximum absolute atomic E-state index is 12.4. The highest BCUT2D eigenvalue weighted by atomic mass is 16.2. The van der Waals surface area contributed by atoms with E-state index in [4.69, 9.17) is 0 Å². The number of para-hydroxylation sites is 2. The van der Waals surface area contributed by atoms with E-state index >= 15 is 0 Å². The second-order valence-electron chi connectivity index (χ2n) is 4.33. The third-order valence-electron chi connectivity index (χ3n) is 3.28. The van der Waals surface area contributed by atoms with Crippen LogP contribution in [-0.4, -0.2) is 15.5 Å². The summed E-state index contributed by atoms with van der Waals surface area (Å²) in [5.41, 5.74) is 1.81. The Kier molecular flexibility index (Phi) is 3.27. The molecule has 2 rings (SSSR count). The molecule has 0 saturated carbocycles. The van der Waals surface area contributed by atoms with Gasteiger partial charge in [-0.3, -0.25) is 9.36 Å². The highest BCUT2D eigenvalue weighted by Crippen LogP contribution is 2.19. The Morgan fingerprint density at radius 2 is 1.94 bits per heavy atom. The molecule has 0 aliphatic heterocycles. The number of carbonyl (C=O) groups is 1. The lowest BCUT2D eigenvalue weighted by molar-refractivity contribution is 0.0829. The van der Waals surface area contributed by atoms with E-state index in [1.165, 1.54) is 0 Å². The SMILES string of the molecule is CCC(CC)C(=O)n1c(C)nc2ccccc21. The molecular formula is C14H18N2O. The first-order valence-electron chi connectivity index (χ1n) is 6.17. The zero-order chi connectivity index (χ0) is 12.4. The van der Waals surface area contributed by atoms with Crippen molar-refractivity contribution >= 4 is 16.9 Å². The van der Waals surface area contributed by atoms with E-state index in [2.05, 4.69) is 18.8 Å². The Morgan fingerprint density at radius 1 is 1.29 bits per heavy atom. The minimum absolute atomic E-state index is 0.0892. The fourth-order valence-corrected chi connectivity index (χ4v) is 2.25. The number of hydrogen-bond donors (Lipinski definition) is 0. The van der Waals surface area contributed by atoms with Gasteiger partial charge in [0.1, 0.15) is 5.82 Å². The molecule has 0 N–H and O–H groups in total. The Morgan fingerprint density at radius 3 is 2.59 bits per heavy atom. The molecule has 3 nitrogen and oxygen atoms in total. The van der Waals surface area contributed by atoms with Crippen LogP contribution in [0.25, 0.3) is 11.0 Å². The van der Waals surface area contributed by atoms with Crippen LogP contribution in [-0.2, 0) is 0 Å². The summed E-state index contributed by atoms with van der Waals surface area (Å²) in [5, 5.41) is 0. The summed E-state index contributed by atoms with van der Waals surface area (Å²) in [7, 11) is 0. The molecule has 0 fully saturated rings. The zero-order valence-electron chi connectivity index (χ0n) is 10.6. The lowest BCUT2D eigenvalue weighted by Crippen LogP contribution is -2.21. The fourth-order valence-electron chi connectivity index (χ4n) is 2.25. The van der Waals surface area contributed by atoms with Crippen molar-refractivity contribution in [1.82, 2.24) is 9.55 Å². The predicted octanol–water partition coefficient (Wildman–Crippen LogP) is 3.42. The van der Waals surface area contributed by atoms with Crippen molar-refractivity contribution in [2.45, 2.75) is 33.6 Å². The number of imidazole rings is 1. The highest BCUT2D eigenvalue weighted by molar-refractivity contribution is 5.92. The molecule has 1 aromatic carbocycles. The highest BCUT2D eigenvalue weighted by Gasteiger charge is 2.20. The van der Waals surface area contributed by atoms with Crippen LogP contribution >= 0.6 is 0 Å². The van der Waals surface area contributed by atoms with E-state index in [9.17, 15) is 4.79 Å². The maximum Gasteiger partial charge on any atom is 0.235 e. The number of hydrogen-bond acceptors (Lipinski definition) is 2. The quantitative estimate of drug-likeness (QED) is 0.809. The van der Waals surface area contributed by atoms with Gasteiger partial charge in [-0.1, -0.05) is 26.0 Å². The molecule has 90 valence electrons. The van der Waals surface area contributed by atoms with Gasteiger partial charge in [0.15, 0.2) is 0 Å². The molecule has 2 aromatic rings. The normalized spacial score (nSPS) is 11.3. The second-order valence-corrected chi connectivity index (χ2v) is 4.33. The molecule has 0 aliphatic rings. The van der Waals surface area contributed by atoms with E-state index in [0.29, 0.717) is 0 Å². The van der Waals surface area contributed by atoms with Gasteiger partial charge in [0.2, 0.25) is 5.91 Å². The summed E-state index contributed by atoms with van der Waals surface area (Å²) in [6.07, 6.45) is 1.75. The van der Waals surface area contributed by atoms with Crippen molar-refractivity contribution in [2.24, 2.45) is 5.92 Å². The molecule has 3 heteroatoms. The van der Waals surface area contributed by atoms with E-state index in [0.717, 1.165) is 29.7 Å². The standard InChI is InChI=1S/C14H18N2O/c1-4-11(5-2)14(17)16-10(3)15-12-8-6-7-9-13(12)16/h6-9,11H,4-5H2,1-3H3. The van der Waals surface area contributed by atoms with Gasteiger partial charge in [-0.25, -0.2) is 4.98 Å². The molecule has 0 aliphatic carbocycles. The lowest BCUT2D eigenvalue weighted by Gasteiger charge is -2.13. The maximum atomic E-state index is 12.4. The number of nitrogens with zero attached hydrogens (tertiary/aromatic N) is 2. The average molecular weight is 230 g/mol. The molecular weight excluding hydrogens is 212 g/mol. The first kappa shape index (κ1) is 11.8. The van der Waals surface area contributed by atoms with E-state index in [1.807, 2.05) is 31.2 Å². The number of fused-ring (bicyclic) bond motifs is 1. The molecule has 17 heavy (non-hydrogen) atoms. The Hall–Kier alpha value is -1.64. The van der Waals surface area contributed by atoms with E-state index < -0.39 is 0 Å². The number of benzene rings is 1. The van der Waals surface area contributed by atoms with Gasteiger partial charge in [-0.05, 0) is 31.9 Å². The number of aryl methyl sites for hydroxylation is 1. The molecule has 1 aromatic heterocycles. The van der Waals surface area contributed by atoms with Gasteiger partial charge in [0.25, 0.3) is 0 Å². The third-order valence-corrected chi connectivity index (χ3v) is 3.28. The summed E-state index contributed by atoms with van der Waals surface area (Å²) in [6.45, 7) is 6.00. The molecule has 0 saturated heterocycles. The molecule has 0 radical (unpaired) electrons. The number of carbonyl (C=O) groups excluding carboxylic acids is 1. The van der Waals surface area contributed by atoms with Gasteiger partial charge < -0.3 is 0 Å². The minimum Gasteiger partial charge on any atom is -0.274 e. The molecule has 0 unspecified atom stereocenters. The van der Waals surface area contributed by atoms with Crippen LogP contribution in [0.4, 0.5) is 0 Å². The van der Waals surface area contributed by atoms with Gasteiger partial charge in [-0.15, -0.1) is 0 Å². The van der Waals surface area contributed by atoms with Gasteiger partial charge in [0, 0.05) is 5.92 Å². The molecule has 0 spiro atoms. The largest absolute Gasteiger partial charge is 0.274 e. The van der Waals surface area contributed by atoms with Gasteiger partial charge in [0.05, 0.1) is 11.0 Å². The monoisotopic (exact) mass is 230 g/mol. The Bertz CT molecular complexity index is 538. The zero-order valence-corrected chi connectivity index (χ0v) is 10.6. The Labute approximate surface area is 101 Å². The van der Waals surface area contributed by atoms with Crippen molar-refractivity contribution < 1.29 is 4.79 Å². The van der Waals surface area contributed by atoms with Crippen LogP contribution in [0.1, 0.15) is 37.3 Å². The van der Waals surface area contributed by atoms with Crippen molar-refractivity contribution in [1.29, 1.82) is 0 Å². The summed E-state index contributed by atoms with van der Waals surface area (Å²) >= 11 is 0. The van der Waals surface area contributed by atoms with Crippen LogP contribution in [0.15, 0.2) is 24.3 Å². The van der Waals surface area contributed by atoms with Crippen LogP contribution < -0.4 is 0 Å². The molecule has 0 atom stereocenters. The van der Waals surface area contributed by atoms with Crippen molar-refractivity contribution in [3.05, 3.63) is 30.1 Å². The molecule has 0 bridgehead atoms. The van der Waals surface area contributed by atoms with E-state index in [1.54, 1.807) is 4.57 Å². The number of aromatic nitrogens is 2. The second kappa shape index (κ2) is 4.70. The van der Waals surface area contributed by atoms with Crippen LogP contribution in [0, 0.1) is 12.8 Å². The molecule has 1 heterocycles. The van der Waals surface area contributed by atoms with Gasteiger partial charge >= 0.3 is 0 Å². The average Bonchev–Trinajstić information content (AvgIpc) is 2.66. The van der Waals surface area contributed by atoms with Crippen molar-refractivity contribution in [2.75, 3.05) is 0 Å². The minimum atomic E-state index is 0.0892. The van der Waals surface area contributed by atoms with Crippen LogP contribution in [0.2, 0.25) is 0 Å². The molecule has 0 amide bonds. The predicted molar refractivity (Wildman–Crippen MR) is 69.2 cm³/mol. The lowest BCUT2D eigenvalue weighted by atomic mass is 10.0. The Balaban J connectivity index is 2.54. The smallest absolute Gasteiger partial charge is 0.235 e. The topological polar surface area (TPSA) is 34.9 Å². The summed E-state index contributed by atoms with van der Waals surface area (Å²) in [4.78, 5) is 16.9. The van der Waals surface area contributed by atoms with Gasteiger partial charge in [-0.2, -0.15) is 0 Å². The van der Waals surface area contributed by atoms with Crippen LogP contribution in [0.5, 0.6) is 0 Å².